The molecule has 0 spiro atoms. The average Bonchev–Trinajstić information content (AvgIpc) is 2.75. The Morgan fingerprint density at radius 1 is 1.12 bits per heavy atom. The molecule has 1 aromatic heterocycles. The number of hydrogen-bond donors (Lipinski definition) is 1. The Labute approximate surface area is 96.6 Å². The fourth-order valence-electron chi connectivity index (χ4n) is 2.36. The first-order valence-corrected chi connectivity index (χ1v) is 6.40. The molecular formula is C12H21N3O. The summed E-state index contributed by atoms with van der Waals surface area (Å²) in [5.74, 6) is 2.33. The summed E-state index contributed by atoms with van der Waals surface area (Å²) in [6, 6.07) is 0. The summed E-state index contributed by atoms with van der Waals surface area (Å²) in [4.78, 5) is 0. The van der Waals surface area contributed by atoms with E-state index >= 15 is 0 Å². The third-order valence-corrected chi connectivity index (χ3v) is 3.29. The number of hydrogen-bond acceptors (Lipinski definition) is 4. The van der Waals surface area contributed by atoms with Gasteiger partial charge in [-0.2, -0.15) is 0 Å². The van der Waals surface area contributed by atoms with Crippen LogP contribution in [0.15, 0.2) is 4.42 Å². The molecule has 0 saturated heterocycles. The molecule has 1 aliphatic rings. The first-order valence-electron chi connectivity index (χ1n) is 6.40. The Morgan fingerprint density at radius 3 is 2.62 bits per heavy atom. The summed E-state index contributed by atoms with van der Waals surface area (Å²) in [7, 11) is 0. The van der Waals surface area contributed by atoms with Crippen LogP contribution in [0.4, 0.5) is 0 Å². The van der Waals surface area contributed by atoms with Crippen molar-refractivity contribution in [3.8, 4) is 0 Å². The molecule has 0 amide bonds. The summed E-state index contributed by atoms with van der Waals surface area (Å²) < 4.78 is 5.61. The molecule has 4 heteroatoms. The summed E-state index contributed by atoms with van der Waals surface area (Å²) >= 11 is 0. The van der Waals surface area contributed by atoms with Gasteiger partial charge >= 0.3 is 0 Å². The van der Waals surface area contributed by atoms with Crippen LogP contribution in [0.3, 0.4) is 0 Å². The van der Waals surface area contributed by atoms with Crippen LogP contribution in [0.1, 0.15) is 50.3 Å². The van der Waals surface area contributed by atoms with E-state index in [0.717, 1.165) is 37.0 Å². The summed E-state index contributed by atoms with van der Waals surface area (Å²) in [5, 5.41) is 8.15. The normalized spacial score (nSPS) is 17.8. The molecule has 1 saturated carbocycles. The van der Waals surface area contributed by atoms with Gasteiger partial charge in [0.25, 0.3) is 0 Å². The van der Waals surface area contributed by atoms with Crippen molar-refractivity contribution in [3.05, 3.63) is 11.8 Å². The van der Waals surface area contributed by atoms with Gasteiger partial charge in [0.2, 0.25) is 11.8 Å². The Morgan fingerprint density at radius 2 is 1.88 bits per heavy atom. The third kappa shape index (κ3) is 3.30. The van der Waals surface area contributed by atoms with E-state index in [1.54, 1.807) is 0 Å². The van der Waals surface area contributed by atoms with Crippen LogP contribution in [0.5, 0.6) is 0 Å². The Hall–Kier alpha value is -0.900. The van der Waals surface area contributed by atoms with Gasteiger partial charge in [-0.05, 0) is 31.7 Å². The number of aromatic nitrogens is 2. The van der Waals surface area contributed by atoms with Gasteiger partial charge in [0.05, 0.1) is 0 Å². The van der Waals surface area contributed by atoms with Crippen molar-refractivity contribution in [2.24, 2.45) is 11.7 Å². The lowest BCUT2D eigenvalue weighted by atomic mass is 9.87. The highest BCUT2D eigenvalue weighted by Gasteiger charge is 2.17. The van der Waals surface area contributed by atoms with E-state index in [1.807, 2.05) is 0 Å². The zero-order valence-electron chi connectivity index (χ0n) is 9.82. The maximum absolute atomic E-state index is 5.61. The lowest BCUT2D eigenvalue weighted by molar-refractivity contribution is 0.324. The molecule has 1 aliphatic carbocycles. The van der Waals surface area contributed by atoms with Gasteiger partial charge in [0, 0.05) is 12.8 Å². The minimum atomic E-state index is 0.681. The molecule has 0 aromatic carbocycles. The quantitative estimate of drug-likeness (QED) is 0.830. The zero-order valence-corrected chi connectivity index (χ0v) is 9.82. The van der Waals surface area contributed by atoms with Crippen LogP contribution in [-0.2, 0) is 12.8 Å². The molecule has 1 heterocycles. The van der Waals surface area contributed by atoms with E-state index in [0.29, 0.717) is 6.54 Å². The fraction of sp³-hybridized carbons (Fsp3) is 0.833. The number of rotatable bonds is 5. The molecule has 4 nitrogen and oxygen atoms in total. The number of nitrogens with zero attached hydrogens (tertiary/aromatic N) is 2. The molecule has 16 heavy (non-hydrogen) atoms. The fourth-order valence-corrected chi connectivity index (χ4v) is 2.36. The van der Waals surface area contributed by atoms with Crippen LogP contribution < -0.4 is 5.73 Å². The topological polar surface area (TPSA) is 64.9 Å². The minimum Gasteiger partial charge on any atom is -0.425 e. The van der Waals surface area contributed by atoms with Crippen molar-refractivity contribution >= 4 is 0 Å². The van der Waals surface area contributed by atoms with E-state index in [2.05, 4.69) is 10.2 Å². The molecule has 0 radical (unpaired) electrons. The maximum Gasteiger partial charge on any atom is 0.216 e. The van der Waals surface area contributed by atoms with Crippen molar-refractivity contribution in [1.29, 1.82) is 0 Å². The van der Waals surface area contributed by atoms with E-state index in [4.69, 9.17) is 10.2 Å². The predicted molar refractivity (Wildman–Crippen MR) is 62.0 cm³/mol. The van der Waals surface area contributed by atoms with Crippen molar-refractivity contribution in [3.63, 3.8) is 0 Å². The van der Waals surface area contributed by atoms with Crippen molar-refractivity contribution in [2.45, 2.75) is 51.4 Å². The molecule has 0 unspecified atom stereocenters. The molecule has 90 valence electrons. The lowest BCUT2D eigenvalue weighted by Gasteiger charge is -2.19. The molecule has 1 aromatic rings. The van der Waals surface area contributed by atoms with Crippen molar-refractivity contribution < 1.29 is 4.42 Å². The third-order valence-electron chi connectivity index (χ3n) is 3.29. The summed E-state index contributed by atoms with van der Waals surface area (Å²) in [6.07, 6.45) is 9.45. The van der Waals surface area contributed by atoms with Gasteiger partial charge < -0.3 is 10.2 Å². The van der Waals surface area contributed by atoms with Crippen LogP contribution in [0.2, 0.25) is 0 Å². The van der Waals surface area contributed by atoms with Crippen LogP contribution in [-0.4, -0.2) is 16.7 Å². The van der Waals surface area contributed by atoms with Gasteiger partial charge in [0.1, 0.15) is 0 Å². The molecule has 2 N–H and O–H groups in total. The van der Waals surface area contributed by atoms with Gasteiger partial charge in [-0.3, -0.25) is 0 Å². The van der Waals surface area contributed by atoms with Crippen LogP contribution >= 0.6 is 0 Å². The monoisotopic (exact) mass is 223 g/mol. The SMILES string of the molecule is NCCCc1nnc(CC2CCCCC2)o1. The van der Waals surface area contributed by atoms with E-state index in [9.17, 15) is 0 Å². The summed E-state index contributed by atoms with van der Waals surface area (Å²) in [6.45, 7) is 0.681. The molecule has 0 bridgehead atoms. The van der Waals surface area contributed by atoms with Gasteiger partial charge in [0.15, 0.2) is 0 Å². The smallest absolute Gasteiger partial charge is 0.216 e. The summed E-state index contributed by atoms with van der Waals surface area (Å²) in [5.41, 5.74) is 5.44. The Balaban J connectivity index is 1.81. The van der Waals surface area contributed by atoms with Gasteiger partial charge in [-0.1, -0.05) is 19.3 Å². The van der Waals surface area contributed by atoms with Crippen LogP contribution in [0, 0.1) is 5.92 Å². The van der Waals surface area contributed by atoms with E-state index < -0.39 is 0 Å². The molecule has 2 rings (SSSR count). The molecule has 0 aliphatic heterocycles. The Bertz CT molecular complexity index is 305. The van der Waals surface area contributed by atoms with Crippen molar-refractivity contribution in [2.75, 3.05) is 6.54 Å². The first-order chi connectivity index (χ1) is 7.88. The largest absolute Gasteiger partial charge is 0.425 e. The first kappa shape index (κ1) is 11.6. The predicted octanol–water partition coefficient (Wildman–Crippen LogP) is 2.08. The molecule has 0 atom stereocenters. The number of nitrogens with two attached hydrogens (primary N) is 1. The standard InChI is InChI=1S/C12H21N3O/c13-8-4-7-11-14-15-12(16-11)9-10-5-2-1-3-6-10/h10H,1-9,13H2. The highest BCUT2D eigenvalue weighted by molar-refractivity contribution is 4.85. The lowest BCUT2D eigenvalue weighted by Crippen LogP contribution is -2.09. The highest BCUT2D eigenvalue weighted by atomic mass is 16.4. The zero-order chi connectivity index (χ0) is 11.2. The minimum absolute atomic E-state index is 0.681. The van der Waals surface area contributed by atoms with Crippen LogP contribution in [0.25, 0.3) is 0 Å². The van der Waals surface area contributed by atoms with E-state index in [-0.39, 0.29) is 0 Å². The maximum atomic E-state index is 5.61. The second kappa shape index (κ2) is 5.99. The second-order valence-electron chi connectivity index (χ2n) is 4.69. The van der Waals surface area contributed by atoms with E-state index in [1.165, 1.54) is 32.1 Å². The van der Waals surface area contributed by atoms with Crippen molar-refractivity contribution in [1.82, 2.24) is 10.2 Å². The van der Waals surface area contributed by atoms with Gasteiger partial charge in [-0.25, -0.2) is 0 Å². The number of aryl methyl sites for hydroxylation is 1. The Kier molecular flexibility index (Phi) is 4.34. The molecule has 1 fully saturated rings. The highest BCUT2D eigenvalue weighted by Crippen LogP contribution is 2.26. The molecular weight excluding hydrogens is 202 g/mol. The van der Waals surface area contributed by atoms with Gasteiger partial charge in [-0.15, -0.1) is 10.2 Å². The second-order valence-corrected chi connectivity index (χ2v) is 4.69. The average molecular weight is 223 g/mol.